The summed E-state index contributed by atoms with van der Waals surface area (Å²) in [6.45, 7) is 5.32. The summed E-state index contributed by atoms with van der Waals surface area (Å²) in [7, 11) is 2.15. The molecule has 19 heavy (non-hydrogen) atoms. The topological polar surface area (TPSA) is 45.2 Å². The third-order valence-electron chi connectivity index (χ3n) is 3.78. The summed E-state index contributed by atoms with van der Waals surface area (Å²) in [6, 6.07) is 3.55. The maximum absolute atomic E-state index is 10.1. The van der Waals surface area contributed by atoms with Crippen molar-refractivity contribution in [1.29, 1.82) is 0 Å². The van der Waals surface area contributed by atoms with Crippen LogP contribution in [0.1, 0.15) is 12.0 Å². The molecule has 0 saturated carbocycles. The maximum atomic E-state index is 10.1. The number of ether oxygens (including phenoxy) is 2. The maximum Gasteiger partial charge on any atom is 0.231 e. The van der Waals surface area contributed by atoms with Crippen molar-refractivity contribution in [1.82, 2.24) is 9.80 Å². The number of likely N-dealkylation sites (N-methyl/N-ethyl adjacent to an activating group) is 1. The molecule has 0 aliphatic carbocycles. The minimum atomic E-state index is 0.243. The van der Waals surface area contributed by atoms with Gasteiger partial charge in [0, 0.05) is 31.3 Å². The molecule has 5 nitrogen and oxygen atoms in total. The van der Waals surface area contributed by atoms with Gasteiger partial charge in [0.15, 0.2) is 11.5 Å². The van der Waals surface area contributed by atoms with E-state index in [1.165, 1.54) is 6.42 Å². The van der Waals surface area contributed by atoms with E-state index in [9.17, 15) is 5.11 Å². The van der Waals surface area contributed by atoms with E-state index in [2.05, 4.69) is 16.8 Å². The fourth-order valence-electron chi connectivity index (χ4n) is 2.60. The van der Waals surface area contributed by atoms with E-state index in [0.29, 0.717) is 11.5 Å². The highest BCUT2D eigenvalue weighted by atomic mass is 16.7. The van der Waals surface area contributed by atoms with Gasteiger partial charge in [-0.2, -0.15) is 0 Å². The van der Waals surface area contributed by atoms with Crippen LogP contribution < -0.4 is 9.47 Å². The Balaban J connectivity index is 1.72. The van der Waals surface area contributed by atoms with Gasteiger partial charge in [-0.15, -0.1) is 0 Å². The molecule has 5 heteroatoms. The average Bonchev–Trinajstić information content (AvgIpc) is 2.73. The van der Waals surface area contributed by atoms with Gasteiger partial charge in [-0.3, -0.25) is 4.90 Å². The van der Waals surface area contributed by atoms with E-state index in [1.54, 1.807) is 6.07 Å². The zero-order valence-electron chi connectivity index (χ0n) is 11.3. The van der Waals surface area contributed by atoms with Crippen LogP contribution in [0.15, 0.2) is 12.1 Å². The quantitative estimate of drug-likeness (QED) is 0.871. The lowest BCUT2D eigenvalue weighted by molar-refractivity contribution is 0.174. The van der Waals surface area contributed by atoms with Gasteiger partial charge < -0.3 is 19.5 Å². The normalized spacial score (nSPS) is 20.5. The summed E-state index contributed by atoms with van der Waals surface area (Å²) in [5.41, 5.74) is 0.911. The molecule has 3 rings (SSSR count). The van der Waals surface area contributed by atoms with Crippen molar-refractivity contribution in [2.45, 2.75) is 13.0 Å². The molecule has 0 unspecified atom stereocenters. The van der Waals surface area contributed by atoms with E-state index in [1.807, 2.05) is 6.07 Å². The molecular weight excluding hydrogens is 244 g/mol. The number of benzene rings is 1. The van der Waals surface area contributed by atoms with Crippen LogP contribution in [0.2, 0.25) is 0 Å². The Kier molecular flexibility index (Phi) is 3.48. The largest absolute Gasteiger partial charge is 0.507 e. The van der Waals surface area contributed by atoms with Crippen molar-refractivity contribution < 1.29 is 14.6 Å². The first-order valence-corrected chi connectivity index (χ1v) is 6.75. The Bertz CT molecular complexity index is 464. The molecule has 2 aliphatic rings. The number of hydrogen-bond acceptors (Lipinski definition) is 5. The highest BCUT2D eigenvalue weighted by molar-refractivity contribution is 5.51. The van der Waals surface area contributed by atoms with Crippen molar-refractivity contribution in [3.63, 3.8) is 0 Å². The van der Waals surface area contributed by atoms with Crippen LogP contribution in [0, 0.1) is 0 Å². The van der Waals surface area contributed by atoms with Crippen molar-refractivity contribution in [2.24, 2.45) is 0 Å². The van der Waals surface area contributed by atoms with Crippen LogP contribution in [0.5, 0.6) is 17.2 Å². The molecule has 0 amide bonds. The highest BCUT2D eigenvalue weighted by Crippen LogP contribution is 2.38. The fraction of sp³-hybridized carbons (Fsp3) is 0.571. The predicted octanol–water partition coefficient (Wildman–Crippen LogP) is 1.26. The van der Waals surface area contributed by atoms with E-state index in [-0.39, 0.29) is 6.79 Å². The first-order valence-electron chi connectivity index (χ1n) is 6.75. The number of aromatic hydroxyl groups is 1. The molecule has 1 saturated heterocycles. The van der Waals surface area contributed by atoms with E-state index in [0.717, 1.165) is 44.0 Å². The molecule has 0 aromatic heterocycles. The smallest absolute Gasteiger partial charge is 0.231 e. The second-order valence-electron chi connectivity index (χ2n) is 5.27. The van der Waals surface area contributed by atoms with Crippen LogP contribution in [-0.2, 0) is 6.54 Å². The predicted molar refractivity (Wildman–Crippen MR) is 71.6 cm³/mol. The van der Waals surface area contributed by atoms with Gasteiger partial charge in [-0.05, 0) is 32.6 Å². The third kappa shape index (κ3) is 2.77. The molecule has 104 valence electrons. The van der Waals surface area contributed by atoms with E-state index in [4.69, 9.17) is 9.47 Å². The van der Waals surface area contributed by atoms with Crippen molar-refractivity contribution in [3.8, 4) is 17.2 Å². The van der Waals surface area contributed by atoms with Crippen LogP contribution in [0.25, 0.3) is 0 Å². The standard InChI is InChI=1S/C14H20N2O3/c1-15-3-2-4-16(6-5-15)9-11-7-13-14(8-12(11)17)19-10-18-13/h7-8,17H,2-6,9-10H2,1H3. The molecule has 0 spiro atoms. The number of nitrogens with zero attached hydrogens (tertiary/aromatic N) is 2. The minimum absolute atomic E-state index is 0.243. The Labute approximate surface area is 113 Å². The molecule has 1 N–H and O–H groups in total. The molecule has 1 aromatic rings. The SMILES string of the molecule is CN1CCCN(Cc2cc3c(cc2O)OCO3)CC1. The third-order valence-corrected chi connectivity index (χ3v) is 3.78. The number of phenols is 1. The molecule has 0 radical (unpaired) electrons. The summed E-state index contributed by atoms with van der Waals surface area (Å²) in [5.74, 6) is 1.67. The summed E-state index contributed by atoms with van der Waals surface area (Å²) in [6.07, 6.45) is 1.17. The first kappa shape index (κ1) is 12.6. The molecule has 1 aromatic carbocycles. The lowest BCUT2D eigenvalue weighted by Gasteiger charge is -2.20. The van der Waals surface area contributed by atoms with Crippen molar-refractivity contribution in [2.75, 3.05) is 40.0 Å². The van der Waals surface area contributed by atoms with Crippen LogP contribution in [0.3, 0.4) is 0 Å². The molecule has 0 atom stereocenters. The van der Waals surface area contributed by atoms with Crippen LogP contribution in [0.4, 0.5) is 0 Å². The number of phenolic OH excluding ortho intramolecular Hbond substituents is 1. The number of fused-ring (bicyclic) bond motifs is 1. The average molecular weight is 264 g/mol. The molecule has 0 bridgehead atoms. The van der Waals surface area contributed by atoms with Crippen LogP contribution in [-0.4, -0.2) is 54.9 Å². The Morgan fingerprint density at radius 3 is 2.74 bits per heavy atom. The van der Waals surface area contributed by atoms with Gasteiger partial charge in [0.2, 0.25) is 6.79 Å². The molecule has 2 aliphatic heterocycles. The molecular formula is C14H20N2O3. The van der Waals surface area contributed by atoms with Gasteiger partial charge in [0.25, 0.3) is 0 Å². The Morgan fingerprint density at radius 2 is 1.89 bits per heavy atom. The summed E-state index contributed by atoms with van der Waals surface area (Å²) >= 11 is 0. The Hall–Kier alpha value is -1.46. The van der Waals surface area contributed by atoms with Gasteiger partial charge in [0.1, 0.15) is 5.75 Å². The summed E-state index contributed by atoms with van der Waals surface area (Å²) in [4.78, 5) is 4.72. The summed E-state index contributed by atoms with van der Waals surface area (Å²) in [5, 5.41) is 10.1. The zero-order chi connectivity index (χ0) is 13.2. The van der Waals surface area contributed by atoms with E-state index >= 15 is 0 Å². The van der Waals surface area contributed by atoms with Crippen molar-refractivity contribution >= 4 is 0 Å². The van der Waals surface area contributed by atoms with Gasteiger partial charge in [-0.25, -0.2) is 0 Å². The first-order chi connectivity index (χ1) is 9.22. The second kappa shape index (κ2) is 5.27. The lowest BCUT2D eigenvalue weighted by atomic mass is 10.1. The molecule has 1 fully saturated rings. The minimum Gasteiger partial charge on any atom is -0.507 e. The Morgan fingerprint density at radius 1 is 1.11 bits per heavy atom. The van der Waals surface area contributed by atoms with Crippen LogP contribution >= 0.6 is 0 Å². The van der Waals surface area contributed by atoms with E-state index < -0.39 is 0 Å². The fourth-order valence-corrected chi connectivity index (χ4v) is 2.60. The monoisotopic (exact) mass is 264 g/mol. The summed E-state index contributed by atoms with van der Waals surface area (Å²) < 4.78 is 10.6. The highest BCUT2D eigenvalue weighted by Gasteiger charge is 2.19. The second-order valence-corrected chi connectivity index (χ2v) is 5.27. The van der Waals surface area contributed by atoms with Crippen molar-refractivity contribution in [3.05, 3.63) is 17.7 Å². The number of rotatable bonds is 2. The number of hydrogen-bond donors (Lipinski definition) is 1. The zero-order valence-corrected chi connectivity index (χ0v) is 11.3. The van der Waals surface area contributed by atoms with Gasteiger partial charge in [-0.1, -0.05) is 0 Å². The lowest BCUT2D eigenvalue weighted by Crippen LogP contribution is -2.28. The van der Waals surface area contributed by atoms with Gasteiger partial charge >= 0.3 is 0 Å². The van der Waals surface area contributed by atoms with Gasteiger partial charge in [0.05, 0.1) is 0 Å². The molecule has 2 heterocycles.